The molecule has 1 heterocycles. The van der Waals surface area contributed by atoms with Gasteiger partial charge in [-0.2, -0.15) is 13.2 Å². The van der Waals surface area contributed by atoms with Crippen molar-refractivity contribution in [3.05, 3.63) is 48.2 Å². The standard InChI is InChI=1S/C17H17F3N2OS/c1-16(2,3)15(23)21-11-7-9-12(10-8-11)24-14-6-4-5-13(22-14)17(18,19)20/h4-10H,1-3H3,(H,21,23). The second-order valence-electron chi connectivity index (χ2n) is 6.19. The fourth-order valence-corrected chi connectivity index (χ4v) is 2.48. The summed E-state index contributed by atoms with van der Waals surface area (Å²) in [6.07, 6.45) is -4.46. The van der Waals surface area contributed by atoms with Crippen molar-refractivity contribution in [1.82, 2.24) is 4.98 Å². The van der Waals surface area contributed by atoms with Crippen LogP contribution in [-0.2, 0) is 11.0 Å². The highest BCUT2D eigenvalue weighted by molar-refractivity contribution is 7.99. The first-order chi connectivity index (χ1) is 11.1. The molecular formula is C17H17F3N2OS. The van der Waals surface area contributed by atoms with Crippen LogP contribution in [-0.4, -0.2) is 10.9 Å². The first-order valence-corrected chi connectivity index (χ1v) is 8.01. The van der Waals surface area contributed by atoms with Gasteiger partial charge in [0.25, 0.3) is 0 Å². The molecule has 0 saturated heterocycles. The number of carbonyl (C=O) groups excluding carboxylic acids is 1. The first kappa shape index (κ1) is 18.3. The monoisotopic (exact) mass is 354 g/mol. The smallest absolute Gasteiger partial charge is 0.326 e. The lowest BCUT2D eigenvalue weighted by molar-refractivity contribution is -0.141. The van der Waals surface area contributed by atoms with Crippen molar-refractivity contribution in [2.24, 2.45) is 5.41 Å². The second-order valence-corrected chi connectivity index (χ2v) is 7.28. The molecular weight excluding hydrogens is 337 g/mol. The highest BCUT2D eigenvalue weighted by Crippen LogP contribution is 2.32. The summed E-state index contributed by atoms with van der Waals surface area (Å²) in [5.74, 6) is -0.109. The number of halogens is 3. The van der Waals surface area contributed by atoms with Crippen molar-refractivity contribution < 1.29 is 18.0 Å². The van der Waals surface area contributed by atoms with Gasteiger partial charge in [0.05, 0.1) is 0 Å². The fourth-order valence-electron chi connectivity index (χ4n) is 1.68. The molecule has 0 spiro atoms. The molecule has 0 aliphatic heterocycles. The number of benzene rings is 1. The van der Waals surface area contributed by atoms with Crippen LogP contribution in [0.15, 0.2) is 52.4 Å². The van der Waals surface area contributed by atoms with Crippen LogP contribution >= 0.6 is 11.8 Å². The van der Waals surface area contributed by atoms with Gasteiger partial charge >= 0.3 is 6.18 Å². The summed E-state index contributed by atoms with van der Waals surface area (Å²) >= 11 is 1.13. The summed E-state index contributed by atoms with van der Waals surface area (Å²) in [4.78, 5) is 16.3. The molecule has 1 N–H and O–H groups in total. The van der Waals surface area contributed by atoms with E-state index in [-0.39, 0.29) is 10.9 Å². The molecule has 24 heavy (non-hydrogen) atoms. The van der Waals surface area contributed by atoms with Crippen LogP contribution in [0.25, 0.3) is 0 Å². The number of aromatic nitrogens is 1. The zero-order chi connectivity index (χ0) is 18.0. The average molecular weight is 354 g/mol. The van der Waals surface area contributed by atoms with E-state index < -0.39 is 17.3 Å². The van der Waals surface area contributed by atoms with Gasteiger partial charge in [0.1, 0.15) is 10.7 Å². The minimum Gasteiger partial charge on any atom is -0.326 e. The molecule has 0 saturated carbocycles. The van der Waals surface area contributed by atoms with E-state index in [1.807, 2.05) is 20.8 Å². The maximum absolute atomic E-state index is 12.7. The number of hydrogen-bond donors (Lipinski definition) is 1. The average Bonchev–Trinajstić information content (AvgIpc) is 2.48. The summed E-state index contributed by atoms with van der Waals surface area (Å²) in [6.45, 7) is 5.43. The third-order valence-corrected chi connectivity index (χ3v) is 3.97. The number of pyridine rings is 1. The number of alkyl halides is 3. The lowest BCUT2D eigenvalue weighted by Crippen LogP contribution is -2.27. The van der Waals surface area contributed by atoms with Gasteiger partial charge in [-0.3, -0.25) is 4.79 Å². The van der Waals surface area contributed by atoms with Gasteiger partial charge in [-0.15, -0.1) is 0 Å². The number of rotatable bonds is 3. The zero-order valence-corrected chi connectivity index (χ0v) is 14.3. The van der Waals surface area contributed by atoms with E-state index in [4.69, 9.17) is 0 Å². The molecule has 1 amide bonds. The molecule has 0 aliphatic carbocycles. The topological polar surface area (TPSA) is 42.0 Å². The van der Waals surface area contributed by atoms with E-state index >= 15 is 0 Å². The van der Waals surface area contributed by atoms with Crippen molar-refractivity contribution >= 4 is 23.4 Å². The molecule has 0 atom stereocenters. The molecule has 7 heteroatoms. The van der Waals surface area contributed by atoms with Crippen molar-refractivity contribution in [3.63, 3.8) is 0 Å². The largest absolute Gasteiger partial charge is 0.433 e. The number of anilines is 1. The van der Waals surface area contributed by atoms with Crippen LogP contribution in [0, 0.1) is 5.41 Å². The molecule has 2 rings (SSSR count). The molecule has 128 valence electrons. The Morgan fingerprint density at radius 1 is 1.04 bits per heavy atom. The third kappa shape index (κ3) is 4.99. The Morgan fingerprint density at radius 2 is 1.67 bits per heavy atom. The molecule has 0 fully saturated rings. The Kier molecular flexibility index (Phi) is 5.22. The van der Waals surface area contributed by atoms with E-state index in [0.717, 1.165) is 22.7 Å². The van der Waals surface area contributed by atoms with Crippen LogP contribution < -0.4 is 5.32 Å². The predicted molar refractivity (Wildman–Crippen MR) is 87.9 cm³/mol. The number of carbonyl (C=O) groups is 1. The maximum Gasteiger partial charge on any atom is 0.433 e. The zero-order valence-electron chi connectivity index (χ0n) is 13.4. The number of hydrogen-bond acceptors (Lipinski definition) is 3. The molecule has 1 aromatic heterocycles. The van der Waals surface area contributed by atoms with E-state index in [1.165, 1.54) is 12.1 Å². The molecule has 0 aliphatic rings. The first-order valence-electron chi connectivity index (χ1n) is 7.19. The van der Waals surface area contributed by atoms with Gasteiger partial charge in [-0.1, -0.05) is 38.6 Å². The molecule has 2 aromatic rings. The molecule has 3 nitrogen and oxygen atoms in total. The molecule has 0 bridgehead atoms. The van der Waals surface area contributed by atoms with Gasteiger partial charge in [0.15, 0.2) is 0 Å². The van der Waals surface area contributed by atoms with Crippen LogP contribution in [0.2, 0.25) is 0 Å². The van der Waals surface area contributed by atoms with E-state index in [9.17, 15) is 18.0 Å². The van der Waals surface area contributed by atoms with Crippen LogP contribution in [0.1, 0.15) is 26.5 Å². The van der Waals surface area contributed by atoms with Gasteiger partial charge in [0.2, 0.25) is 5.91 Å². The maximum atomic E-state index is 12.7. The molecule has 0 radical (unpaired) electrons. The van der Waals surface area contributed by atoms with Crippen molar-refractivity contribution in [1.29, 1.82) is 0 Å². The Hall–Kier alpha value is -2.02. The summed E-state index contributed by atoms with van der Waals surface area (Å²) in [7, 11) is 0. The van der Waals surface area contributed by atoms with Gasteiger partial charge in [0, 0.05) is 16.0 Å². The fraction of sp³-hybridized carbons (Fsp3) is 0.294. The Balaban J connectivity index is 2.08. The normalized spacial score (nSPS) is 12.1. The number of nitrogens with one attached hydrogen (secondary N) is 1. The van der Waals surface area contributed by atoms with E-state index in [1.54, 1.807) is 24.3 Å². The van der Waals surface area contributed by atoms with Crippen molar-refractivity contribution in [2.75, 3.05) is 5.32 Å². The van der Waals surface area contributed by atoms with Crippen LogP contribution in [0.4, 0.5) is 18.9 Å². The van der Waals surface area contributed by atoms with E-state index in [0.29, 0.717) is 5.69 Å². The predicted octanol–water partition coefficient (Wildman–Crippen LogP) is 5.24. The summed E-state index contributed by atoms with van der Waals surface area (Å²) in [5.41, 5.74) is -0.784. The Labute approximate surface area is 142 Å². The summed E-state index contributed by atoms with van der Waals surface area (Å²) in [5, 5.41) is 3.05. The van der Waals surface area contributed by atoms with Gasteiger partial charge in [-0.25, -0.2) is 4.98 Å². The minimum absolute atomic E-state index is 0.109. The minimum atomic E-state index is -4.46. The number of amides is 1. The lowest BCUT2D eigenvalue weighted by Gasteiger charge is -2.17. The van der Waals surface area contributed by atoms with Crippen molar-refractivity contribution in [2.45, 2.75) is 36.9 Å². The van der Waals surface area contributed by atoms with Gasteiger partial charge in [-0.05, 0) is 36.4 Å². The highest BCUT2D eigenvalue weighted by atomic mass is 32.2. The van der Waals surface area contributed by atoms with Crippen LogP contribution in [0.5, 0.6) is 0 Å². The molecule has 0 unspecified atom stereocenters. The second kappa shape index (κ2) is 6.84. The quantitative estimate of drug-likeness (QED) is 0.820. The van der Waals surface area contributed by atoms with Crippen LogP contribution in [0.3, 0.4) is 0 Å². The number of nitrogens with zero attached hydrogens (tertiary/aromatic N) is 1. The van der Waals surface area contributed by atoms with E-state index in [2.05, 4.69) is 10.3 Å². The summed E-state index contributed by atoms with van der Waals surface area (Å²) < 4.78 is 38.0. The Bertz CT molecular complexity index is 722. The highest BCUT2D eigenvalue weighted by Gasteiger charge is 2.32. The van der Waals surface area contributed by atoms with Gasteiger partial charge < -0.3 is 5.32 Å². The third-order valence-electron chi connectivity index (χ3n) is 3.03. The SMILES string of the molecule is CC(C)(C)C(=O)Nc1ccc(Sc2cccc(C(F)(F)F)n2)cc1. The Morgan fingerprint density at radius 3 is 2.21 bits per heavy atom. The lowest BCUT2D eigenvalue weighted by atomic mass is 9.95. The summed E-state index contributed by atoms with van der Waals surface area (Å²) in [6, 6.07) is 10.7. The van der Waals surface area contributed by atoms with Crippen molar-refractivity contribution in [3.8, 4) is 0 Å². The molecule has 1 aromatic carbocycles.